The molecule has 2 fully saturated rings. The van der Waals surface area contributed by atoms with Crippen LogP contribution in [0.1, 0.15) is 49.4 Å². The number of anilines is 2. The minimum atomic E-state index is -0.157. The molecule has 2 aromatic rings. The van der Waals surface area contributed by atoms with Gasteiger partial charge in [-0.25, -0.2) is 9.97 Å². The van der Waals surface area contributed by atoms with Crippen LogP contribution in [-0.2, 0) is 13.6 Å². The summed E-state index contributed by atoms with van der Waals surface area (Å²) >= 11 is 12.5. The second-order valence-corrected chi connectivity index (χ2v) is 10.1. The number of rotatable bonds is 2. The van der Waals surface area contributed by atoms with E-state index in [4.69, 9.17) is 39.7 Å². The van der Waals surface area contributed by atoms with E-state index in [0.29, 0.717) is 40.9 Å². The van der Waals surface area contributed by atoms with Crippen molar-refractivity contribution in [1.82, 2.24) is 14.5 Å². The monoisotopic (exact) mass is 475 g/mol. The van der Waals surface area contributed by atoms with E-state index in [1.807, 2.05) is 0 Å². The molecule has 4 N–H and O–H groups in total. The molecule has 32 heavy (non-hydrogen) atoms. The fourth-order valence-electron chi connectivity index (χ4n) is 5.61. The summed E-state index contributed by atoms with van der Waals surface area (Å²) in [5, 5.41) is 0.308. The van der Waals surface area contributed by atoms with Crippen LogP contribution in [-0.4, -0.2) is 39.4 Å². The molecule has 0 radical (unpaired) electrons. The number of fused-ring (bicyclic) bond motifs is 1. The van der Waals surface area contributed by atoms with Crippen molar-refractivity contribution in [3.8, 4) is 0 Å². The quantitative estimate of drug-likeness (QED) is 0.645. The van der Waals surface area contributed by atoms with Crippen LogP contribution in [0.2, 0.25) is 10.2 Å². The molecule has 10 heteroatoms. The number of halogens is 2. The Hall–Kier alpha value is -2.16. The van der Waals surface area contributed by atoms with Crippen LogP contribution in [0, 0.1) is 11.3 Å². The summed E-state index contributed by atoms with van der Waals surface area (Å²) in [6.07, 6.45) is 4.44. The fraction of sp³-hybridized carbons (Fsp3) is 0.545. The molecule has 2 atom stereocenters. The molecule has 1 spiro atoms. The number of pyridine rings is 1. The predicted octanol–water partition coefficient (Wildman–Crippen LogP) is 2.76. The number of hydrogen-bond donors (Lipinski definition) is 2. The molecule has 170 valence electrons. The second-order valence-electron chi connectivity index (χ2n) is 9.35. The summed E-state index contributed by atoms with van der Waals surface area (Å²) in [6.45, 7) is 4.25. The predicted molar refractivity (Wildman–Crippen MR) is 128 cm³/mol. The van der Waals surface area contributed by atoms with Crippen molar-refractivity contribution in [2.24, 2.45) is 29.1 Å². The van der Waals surface area contributed by atoms with Gasteiger partial charge < -0.3 is 16.4 Å². The number of nitrogens with two attached hydrogens (primary N) is 2. The molecule has 1 saturated carbocycles. The standard InChI is InChI=1S/C22H27Cl2N7O/c1-11-3-4-22(18(11)26)5-7-31(8-6-22)21-28-13-10-27-17(15(13)20(32)30(21)2)12-9-14(25)29-19(24)16(12)23/h9,11,18H,3-8,10,26H2,1-2H3,(H2,25,29)/t11-,18-/m1/s1. The van der Waals surface area contributed by atoms with E-state index in [2.05, 4.69) is 21.8 Å². The van der Waals surface area contributed by atoms with Gasteiger partial charge in [0.2, 0.25) is 5.95 Å². The summed E-state index contributed by atoms with van der Waals surface area (Å²) in [4.78, 5) is 29.0. The highest BCUT2D eigenvalue weighted by atomic mass is 35.5. The van der Waals surface area contributed by atoms with E-state index in [1.54, 1.807) is 17.7 Å². The Kier molecular flexibility index (Phi) is 5.22. The second kappa shape index (κ2) is 7.71. The topological polar surface area (TPSA) is 115 Å². The number of nitrogen functional groups attached to an aromatic ring is 1. The first-order chi connectivity index (χ1) is 15.2. The third-order valence-corrected chi connectivity index (χ3v) is 8.37. The zero-order valence-electron chi connectivity index (χ0n) is 18.2. The molecular weight excluding hydrogens is 449 g/mol. The Balaban J connectivity index is 1.46. The van der Waals surface area contributed by atoms with E-state index >= 15 is 0 Å². The summed E-state index contributed by atoms with van der Waals surface area (Å²) in [5.74, 6) is 1.47. The van der Waals surface area contributed by atoms with Crippen molar-refractivity contribution in [1.29, 1.82) is 0 Å². The number of aromatic nitrogens is 3. The lowest BCUT2D eigenvalue weighted by Gasteiger charge is -2.43. The number of piperidine rings is 1. The first kappa shape index (κ1) is 21.7. The van der Waals surface area contributed by atoms with Crippen molar-refractivity contribution in [2.75, 3.05) is 23.7 Å². The Morgan fingerprint density at radius 3 is 2.56 bits per heavy atom. The van der Waals surface area contributed by atoms with Crippen molar-refractivity contribution < 1.29 is 0 Å². The molecule has 5 rings (SSSR count). The van der Waals surface area contributed by atoms with Crippen LogP contribution >= 0.6 is 23.2 Å². The molecule has 2 aliphatic heterocycles. The number of aliphatic imine (C=N–C) groups is 1. The molecule has 1 saturated heterocycles. The maximum Gasteiger partial charge on any atom is 0.264 e. The van der Waals surface area contributed by atoms with Gasteiger partial charge in [-0.1, -0.05) is 30.1 Å². The van der Waals surface area contributed by atoms with E-state index in [0.717, 1.165) is 25.9 Å². The van der Waals surface area contributed by atoms with Crippen LogP contribution < -0.4 is 21.9 Å². The smallest absolute Gasteiger partial charge is 0.264 e. The SMILES string of the molecule is C[C@@H]1CCC2(CCN(c3nc4c(c(=O)n3C)C(c3cc(N)nc(Cl)c3Cl)=NC4)CC2)[C@@H]1N. The lowest BCUT2D eigenvalue weighted by atomic mass is 9.73. The van der Waals surface area contributed by atoms with Gasteiger partial charge in [-0.3, -0.25) is 14.4 Å². The van der Waals surface area contributed by atoms with E-state index < -0.39 is 0 Å². The van der Waals surface area contributed by atoms with Gasteiger partial charge in [-0.2, -0.15) is 0 Å². The third-order valence-electron chi connectivity index (χ3n) is 7.62. The van der Waals surface area contributed by atoms with E-state index in [-0.39, 0.29) is 33.0 Å². The van der Waals surface area contributed by atoms with Crippen LogP contribution in [0.15, 0.2) is 15.9 Å². The normalized spacial score (nSPS) is 24.2. The number of hydrogen-bond acceptors (Lipinski definition) is 7. The van der Waals surface area contributed by atoms with E-state index in [1.165, 1.54) is 12.8 Å². The fourth-order valence-corrected chi connectivity index (χ4v) is 6.00. The van der Waals surface area contributed by atoms with Crippen molar-refractivity contribution in [3.63, 3.8) is 0 Å². The molecule has 0 aromatic carbocycles. The molecule has 0 unspecified atom stereocenters. The summed E-state index contributed by atoms with van der Waals surface area (Å²) < 4.78 is 1.61. The van der Waals surface area contributed by atoms with Gasteiger partial charge in [0.25, 0.3) is 5.56 Å². The highest BCUT2D eigenvalue weighted by Gasteiger charge is 2.46. The average molecular weight is 476 g/mol. The minimum Gasteiger partial charge on any atom is -0.384 e. The Morgan fingerprint density at radius 2 is 1.91 bits per heavy atom. The van der Waals surface area contributed by atoms with Gasteiger partial charge >= 0.3 is 0 Å². The Bertz CT molecular complexity index is 1180. The highest BCUT2D eigenvalue weighted by molar-refractivity contribution is 6.44. The third kappa shape index (κ3) is 3.23. The zero-order valence-corrected chi connectivity index (χ0v) is 19.7. The first-order valence-electron chi connectivity index (χ1n) is 11.0. The summed E-state index contributed by atoms with van der Waals surface area (Å²) in [5.41, 5.74) is 14.5. The molecular formula is C22H27Cl2N7O. The lowest BCUT2D eigenvalue weighted by molar-refractivity contribution is 0.185. The maximum atomic E-state index is 13.4. The largest absolute Gasteiger partial charge is 0.384 e. The van der Waals surface area contributed by atoms with Gasteiger partial charge in [0.15, 0.2) is 5.15 Å². The minimum absolute atomic E-state index is 0.0842. The van der Waals surface area contributed by atoms with Crippen LogP contribution in [0.25, 0.3) is 0 Å². The molecule has 4 heterocycles. The highest BCUT2D eigenvalue weighted by Crippen LogP contribution is 2.48. The van der Waals surface area contributed by atoms with Crippen molar-refractivity contribution >= 4 is 40.7 Å². The van der Waals surface area contributed by atoms with Gasteiger partial charge in [0.05, 0.1) is 28.5 Å². The van der Waals surface area contributed by atoms with Gasteiger partial charge in [-0.15, -0.1) is 0 Å². The average Bonchev–Trinajstić information content (AvgIpc) is 3.31. The lowest BCUT2D eigenvalue weighted by Crippen LogP contribution is -2.49. The Morgan fingerprint density at radius 1 is 1.19 bits per heavy atom. The van der Waals surface area contributed by atoms with Crippen LogP contribution in [0.3, 0.4) is 0 Å². The molecule has 0 amide bonds. The van der Waals surface area contributed by atoms with Gasteiger partial charge in [-0.05, 0) is 43.1 Å². The Labute approximate surface area is 196 Å². The molecule has 8 nitrogen and oxygen atoms in total. The van der Waals surface area contributed by atoms with Gasteiger partial charge in [0, 0.05) is 31.7 Å². The molecule has 2 aromatic heterocycles. The summed E-state index contributed by atoms with van der Waals surface area (Å²) in [7, 11) is 1.75. The van der Waals surface area contributed by atoms with E-state index in [9.17, 15) is 4.79 Å². The first-order valence-corrected chi connectivity index (χ1v) is 11.7. The molecule has 1 aliphatic carbocycles. The molecule has 0 bridgehead atoms. The van der Waals surface area contributed by atoms with Gasteiger partial charge in [0.1, 0.15) is 5.82 Å². The zero-order chi connectivity index (χ0) is 22.8. The number of nitrogens with zero attached hydrogens (tertiary/aromatic N) is 5. The summed E-state index contributed by atoms with van der Waals surface area (Å²) in [6, 6.07) is 1.84. The van der Waals surface area contributed by atoms with Crippen LogP contribution in [0.5, 0.6) is 0 Å². The van der Waals surface area contributed by atoms with Crippen LogP contribution in [0.4, 0.5) is 11.8 Å². The van der Waals surface area contributed by atoms with Crippen molar-refractivity contribution in [3.05, 3.63) is 43.4 Å². The molecule has 3 aliphatic rings. The van der Waals surface area contributed by atoms with Crippen molar-refractivity contribution in [2.45, 2.75) is 45.2 Å². The maximum absolute atomic E-state index is 13.4.